The number of rotatable bonds is 5. The molecule has 3 rings (SSSR count). The summed E-state index contributed by atoms with van der Waals surface area (Å²) in [6.07, 6.45) is 0. The van der Waals surface area contributed by atoms with E-state index >= 15 is 0 Å². The maximum absolute atomic E-state index is 12.9. The Morgan fingerprint density at radius 2 is 2.00 bits per heavy atom. The van der Waals surface area contributed by atoms with E-state index in [4.69, 9.17) is 9.47 Å². The third kappa shape index (κ3) is 4.00. The molecular weight excluding hydrogens is 291 g/mol. The Balaban J connectivity index is 1.51. The number of hydrogen-bond donors (Lipinski definition) is 0. The zero-order chi connectivity index (χ0) is 14.5. The molecule has 1 aromatic carbocycles. The molecule has 0 amide bonds. The molecule has 0 bridgehead atoms. The van der Waals surface area contributed by atoms with Crippen LogP contribution in [0.5, 0.6) is 5.19 Å². The second-order valence-electron chi connectivity index (χ2n) is 4.81. The number of hydrogen-bond acceptors (Lipinski definition) is 5. The second-order valence-corrected chi connectivity index (χ2v) is 5.63. The molecule has 6 heteroatoms. The largest absolute Gasteiger partial charge is 0.469 e. The molecule has 4 nitrogen and oxygen atoms in total. The summed E-state index contributed by atoms with van der Waals surface area (Å²) in [5.74, 6) is -0.240. The molecule has 0 radical (unpaired) electrons. The summed E-state index contributed by atoms with van der Waals surface area (Å²) in [6, 6.07) is 6.32. The predicted molar refractivity (Wildman–Crippen MR) is 80.3 cm³/mol. The minimum Gasteiger partial charge on any atom is -0.469 e. The smallest absolute Gasteiger partial charge is 0.273 e. The zero-order valence-electron chi connectivity index (χ0n) is 11.6. The summed E-state index contributed by atoms with van der Waals surface area (Å²) >= 11 is 1.46. The molecule has 21 heavy (non-hydrogen) atoms. The van der Waals surface area contributed by atoms with Crippen molar-refractivity contribution in [1.82, 2.24) is 9.88 Å². The van der Waals surface area contributed by atoms with E-state index in [1.165, 1.54) is 23.5 Å². The lowest BCUT2D eigenvalue weighted by atomic mass is 10.2. The lowest BCUT2D eigenvalue weighted by Gasteiger charge is -2.26. The minimum atomic E-state index is -0.240. The number of aromatic nitrogens is 1. The van der Waals surface area contributed by atoms with E-state index in [9.17, 15) is 4.39 Å². The summed E-state index contributed by atoms with van der Waals surface area (Å²) in [7, 11) is 0. The molecule has 0 unspecified atom stereocenters. The van der Waals surface area contributed by atoms with Gasteiger partial charge in [0.1, 0.15) is 12.4 Å². The fourth-order valence-electron chi connectivity index (χ4n) is 2.16. The van der Waals surface area contributed by atoms with Gasteiger partial charge in [0.25, 0.3) is 5.19 Å². The van der Waals surface area contributed by atoms with Crippen LogP contribution in [0.25, 0.3) is 11.3 Å². The van der Waals surface area contributed by atoms with Gasteiger partial charge in [-0.15, -0.1) is 0 Å². The lowest BCUT2D eigenvalue weighted by Crippen LogP contribution is -2.38. The summed E-state index contributed by atoms with van der Waals surface area (Å²) in [6.45, 7) is 5.02. The highest BCUT2D eigenvalue weighted by atomic mass is 32.1. The van der Waals surface area contributed by atoms with Gasteiger partial charge in [-0.3, -0.25) is 4.90 Å². The highest BCUT2D eigenvalue weighted by Gasteiger charge is 2.11. The van der Waals surface area contributed by atoms with Crippen molar-refractivity contribution in [1.29, 1.82) is 0 Å². The van der Waals surface area contributed by atoms with Crippen molar-refractivity contribution in [3.63, 3.8) is 0 Å². The Hall–Kier alpha value is -1.50. The number of thiazole rings is 1. The molecule has 1 aliphatic rings. The highest BCUT2D eigenvalue weighted by molar-refractivity contribution is 7.11. The van der Waals surface area contributed by atoms with Crippen LogP contribution >= 0.6 is 11.3 Å². The van der Waals surface area contributed by atoms with Crippen LogP contribution in [0.1, 0.15) is 0 Å². The van der Waals surface area contributed by atoms with Gasteiger partial charge in [0.15, 0.2) is 0 Å². The van der Waals surface area contributed by atoms with Crippen molar-refractivity contribution in [2.24, 2.45) is 0 Å². The van der Waals surface area contributed by atoms with Gasteiger partial charge in [-0.1, -0.05) is 11.3 Å². The van der Waals surface area contributed by atoms with Gasteiger partial charge in [0.05, 0.1) is 18.9 Å². The fourth-order valence-corrected chi connectivity index (χ4v) is 2.87. The second kappa shape index (κ2) is 6.98. The van der Waals surface area contributed by atoms with Crippen molar-refractivity contribution >= 4 is 11.3 Å². The van der Waals surface area contributed by atoms with Crippen molar-refractivity contribution in [3.05, 3.63) is 35.5 Å². The summed E-state index contributed by atoms with van der Waals surface area (Å²) < 4.78 is 23.9. The first-order chi connectivity index (χ1) is 10.3. The molecule has 2 heterocycles. The highest BCUT2D eigenvalue weighted by Crippen LogP contribution is 2.26. The lowest BCUT2D eigenvalue weighted by molar-refractivity contribution is 0.0322. The third-order valence-corrected chi connectivity index (χ3v) is 4.11. The first kappa shape index (κ1) is 14.4. The first-order valence-electron chi connectivity index (χ1n) is 6.95. The SMILES string of the molecule is Fc1ccc(-c2csc(OCCN3CCOCC3)n2)cc1. The van der Waals surface area contributed by atoms with Crippen LogP contribution in [0, 0.1) is 5.82 Å². The van der Waals surface area contributed by atoms with Gasteiger partial charge in [0.2, 0.25) is 0 Å². The maximum Gasteiger partial charge on any atom is 0.273 e. The van der Waals surface area contributed by atoms with Gasteiger partial charge >= 0.3 is 0 Å². The van der Waals surface area contributed by atoms with Crippen LogP contribution in [0.4, 0.5) is 4.39 Å². The van der Waals surface area contributed by atoms with Crippen molar-refractivity contribution < 1.29 is 13.9 Å². The molecule has 0 N–H and O–H groups in total. The Labute approximate surface area is 127 Å². The van der Waals surface area contributed by atoms with Gasteiger partial charge in [0, 0.05) is 30.6 Å². The summed E-state index contributed by atoms with van der Waals surface area (Å²) in [5, 5.41) is 2.58. The van der Waals surface area contributed by atoms with Gasteiger partial charge in [-0.05, 0) is 24.3 Å². The van der Waals surface area contributed by atoms with Crippen LogP contribution < -0.4 is 4.74 Å². The predicted octanol–water partition coefficient (Wildman–Crippen LogP) is 2.66. The topological polar surface area (TPSA) is 34.6 Å². The summed E-state index contributed by atoms with van der Waals surface area (Å²) in [4.78, 5) is 6.74. The minimum absolute atomic E-state index is 0.240. The molecule has 2 aromatic rings. The van der Waals surface area contributed by atoms with Crippen LogP contribution in [-0.4, -0.2) is 49.3 Å². The van der Waals surface area contributed by atoms with Gasteiger partial charge in [-0.2, -0.15) is 0 Å². The standard InChI is InChI=1S/C15H17FN2O2S/c16-13-3-1-12(2-4-13)14-11-21-15(17-14)20-10-7-18-5-8-19-9-6-18/h1-4,11H,5-10H2. The van der Waals surface area contributed by atoms with E-state index in [-0.39, 0.29) is 5.82 Å². The first-order valence-corrected chi connectivity index (χ1v) is 7.83. The van der Waals surface area contributed by atoms with Crippen LogP contribution in [0.2, 0.25) is 0 Å². The third-order valence-electron chi connectivity index (χ3n) is 3.36. The monoisotopic (exact) mass is 308 g/mol. The normalized spacial score (nSPS) is 16.0. The molecule has 0 spiro atoms. The molecule has 0 saturated carbocycles. The number of morpholine rings is 1. The number of halogens is 1. The molecule has 1 fully saturated rings. The number of ether oxygens (including phenoxy) is 2. The summed E-state index contributed by atoms with van der Waals surface area (Å²) in [5.41, 5.74) is 1.72. The maximum atomic E-state index is 12.9. The van der Waals surface area contributed by atoms with Crippen LogP contribution in [-0.2, 0) is 4.74 Å². The molecule has 112 valence electrons. The fraction of sp³-hybridized carbons (Fsp3) is 0.400. The van der Waals surface area contributed by atoms with E-state index in [0.29, 0.717) is 11.8 Å². The Kier molecular flexibility index (Phi) is 4.80. The van der Waals surface area contributed by atoms with Crippen molar-refractivity contribution in [2.75, 3.05) is 39.5 Å². The molecular formula is C15H17FN2O2S. The molecule has 0 aliphatic carbocycles. The number of nitrogens with zero attached hydrogens (tertiary/aromatic N) is 2. The molecule has 1 aliphatic heterocycles. The molecule has 1 aromatic heterocycles. The van der Waals surface area contributed by atoms with Gasteiger partial charge in [-0.25, -0.2) is 9.37 Å². The van der Waals surface area contributed by atoms with Crippen LogP contribution in [0.3, 0.4) is 0 Å². The van der Waals surface area contributed by atoms with E-state index in [1.54, 1.807) is 12.1 Å². The molecule has 1 saturated heterocycles. The van der Waals surface area contributed by atoms with E-state index < -0.39 is 0 Å². The number of benzene rings is 1. The van der Waals surface area contributed by atoms with Gasteiger partial charge < -0.3 is 9.47 Å². The average molecular weight is 308 g/mol. The van der Waals surface area contributed by atoms with E-state index in [1.807, 2.05) is 5.38 Å². The zero-order valence-corrected chi connectivity index (χ0v) is 12.4. The Morgan fingerprint density at radius 1 is 1.24 bits per heavy atom. The average Bonchev–Trinajstić information content (AvgIpc) is 2.98. The van der Waals surface area contributed by atoms with E-state index in [0.717, 1.165) is 44.1 Å². The van der Waals surface area contributed by atoms with E-state index in [2.05, 4.69) is 9.88 Å². The van der Waals surface area contributed by atoms with Crippen molar-refractivity contribution in [2.45, 2.75) is 0 Å². The van der Waals surface area contributed by atoms with Crippen molar-refractivity contribution in [3.8, 4) is 16.5 Å². The quantitative estimate of drug-likeness (QED) is 0.850. The Morgan fingerprint density at radius 3 is 2.76 bits per heavy atom. The van der Waals surface area contributed by atoms with Crippen LogP contribution in [0.15, 0.2) is 29.6 Å². The molecule has 0 atom stereocenters. The Bertz CT molecular complexity index is 567.